The maximum atomic E-state index is 13.8. The van der Waals surface area contributed by atoms with E-state index in [2.05, 4.69) is 5.32 Å². The minimum absolute atomic E-state index is 0.0935. The lowest BCUT2D eigenvalue weighted by Crippen LogP contribution is -2.55. The summed E-state index contributed by atoms with van der Waals surface area (Å²) in [6.45, 7) is 6.94. The van der Waals surface area contributed by atoms with Gasteiger partial charge in [-0.2, -0.15) is 0 Å². The van der Waals surface area contributed by atoms with Gasteiger partial charge in [0.05, 0.1) is 33.3 Å². The fourth-order valence-corrected chi connectivity index (χ4v) is 4.74. The molecule has 2 aromatic carbocycles. The van der Waals surface area contributed by atoms with Crippen molar-refractivity contribution in [3.8, 4) is 17.2 Å². The second-order valence-corrected chi connectivity index (χ2v) is 11.7. The number of methoxy groups -OCH3 is 3. The van der Waals surface area contributed by atoms with Crippen molar-refractivity contribution in [2.75, 3.05) is 38.4 Å². The van der Waals surface area contributed by atoms with Gasteiger partial charge >= 0.3 is 0 Å². The van der Waals surface area contributed by atoms with Crippen LogP contribution in [0.2, 0.25) is 0 Å². The number of ether oxygens (including phenoxy) is 3. The zero-order valence-corrected chi connectivity index (χ0v) is 24.2. The monoisotopic (exact) mass is 549 g/mol. The van der Waals surface area contributed by atoms with Crippen molar-refractivity contribution in [3.05, 3.63) is 48.0 Å². The number of amides is 2. The Morgan fingerprint density at radius 2 is 1.53 bits per heavy atom. The Morgan fingerprint density at radius 1 is 0.947 bits per heavy atom. The highest BCUT2D eigenvalue weighted by atomic mass is 32.2. The molecule has 0 saturated heterocycles. The normalized spacial score (nSPS) is 12.3. The van der Waals surface area contributed by atoms with Crippen molar-refractivity contribution in [2.45, 2.75) is 52.2 Å². The largest absolute Gasteiger partial charge is 0.497 e. The molecule has 0 saturated carbocycles. The quantitative estimate of drug-likeness (QED) is 0.432. The molecule has 0 unspecified atom stereocenters. The fourth-order valence-electron chi connectivity index (χ4n) is 3.89. The molecule has 11 heteroatoms. The third kappa shape index (κ3) is 8.27. The van der Waals surface area contributed by atoms with Gasteiger partial charge in [0.2, 0.25) is 21.8 Å². The highest BCUT2D eigenvalue weighted by Gasteiger charge is 2.33. The molecule has 1 N–H and O–H groups in total. The highest BCUT2D eigenvalue weighted by molar-refractivity contribution is 7.92. The molecule has 0 aliphatic rings. The van der Waals surface area contributed by atoms with Crippen LogP contribution in [0.25, 0.3) is 0 Å². The summed E-state index contributed by atoms with van der Waals surface area (Å²) >= 11 is 0. The van der Waals surface area contributed by atoms with Crippen LogP contribution >= 0.6 is 0 Å². The number of anilines is 1. The first-order valence-electron chi connectivity index (χ1n) is 12.2. The molecule has 1 atom stereocenters. The number of nitrogens with zero attached hydrogens (tertiary/aromatic N) is 2. The number of carbonyl (C=O) groups is 2. The van der Waals surface area contributed by atoms with Gasteiger partial charge in [0.25, 0.3) is 0 Å². The van der Waals surface area contributed by atoms with E-state index in [1.807, 2.05) is 27.7 Å². The van der Waals surface area contributed by atoms with Crippen LogP contribution in [0.1, 0.15) is 39.7 Å². The Morgan fingerprint density at radius 3 is 2.00 bits per heavy atom. The summed E-state index contributed by atoms with van der Waals surface area (Å²) in [5.74, 6) is 0.479. The van der Waals surface area contributed by atoms with Crippen LogP contribution in [-0.2, 0) is 26.2 Å². The zero-order chi connectivity index (χ0) is 28.7. The van der Waals surface area contributed by atoms with Gasteiger partial charge in [0.15, 0.2) is 0 Å². The number of nitrogens with one attached hydrogen (secondary N) is 1. The summed E-state index contributed by atoms with van der Waals surface area (Å²) in [5, 5.41) is 2.94. The maximum absolute atomic E-state index is 13.8. The Hall–Kier alpha value is -3.47. The third-order valence-electron chi connectivity index (χ3n) is 5.73. The Balaban J connectivity index is 2.52. The Bertz CT molecular complexity index is 1210. The van der Waals surface area contributed by atoms with E-state index in [1.165, 1.54) is 25.2 Å². The summed E-state index contributed by atoms with van der Waals surface area (Å²) < 4.78 is 42.6. The summed E-state index contributed by atoms with van der Waals surface area (Å²) in [6, 6.07) is 10.9. The van der Waals surface area contributed by atoms with Crippen LogP contribution < -0.4 is 23.8 Å². The second-order valence-electron chi connectivity index (χ2n) is 9.84. The van der Waals surface area contributed by atoms with Crippen molar-refractivity contribution in [3.63, 3.8) is 0 Å². The van der Waals surface area contributed by atoms with E-state index in [9.17, 15) is 18.0 Å². The van der Waals surface area contributed by atoms with E-state index < -0.39 is 34.1 Å². The van der Waals surface area contributed by atoms with Crippen LogP contribution in [0.4, 0.5) is 5.69 Å². The van der Waals surface area contributed by atoms with Crippen molar-refractivity contribution in [2.24, 2.45) is 0 Å². The smallest absolute Gasteiger partial charge is 0.244 e. The number of benzene rings is 2. The molecule has 10 nitrogen and oxygen atoms in total. The van der Waals surface area contributed by atoms with Crippen molar-refractivity contribution in [1.82, 2.24) is 10.2 Å². The van der Waals surface area contributed by atoms with Gasteiger partial charge in [-0.05, 0) is 57.0 Å². The molecule has 0 radical (unpaired) electrons. The number of hydrogen-bond donors (Lipinski definition) is 1. The third-order valence-corrected chi connectivity index (χ3v) is 6.86. The summed E-state index contributed by atoms with van der Waals surface area (Å²) in [6.07, 6.45) is 1.34. The molecule has 0 aliphatic heterocycles. The van der Waals surface area contributed by atoms with Crippen LogP contribution in [0.5, 0.6) is 17.2 Å². The second kappa shape index (κ2) is 12.9. The molecule has 210 valence electrons. The van der Waals surface area contributed by atoms with Gasteiger partial charge in [-0.3, -0.25) is 13.9 Å². The molecule has 0 aliphatic carbocycles. The molecule has 2 aromatic rings. The SMILES string of the molecule is CC[C@H](C(=O)NC(C)(C)C)N(Cc1ccc(OC)cc1)C(=O)CN(c1ccc(OC)cc1OC)S(C)(=O)=O. The predicted molar refractivity (Wildman–Crippen MR) is 147 cm³/mol. The lowest BCUT2D eigenvalue weighted by molar-refractivity contribution is -0.141. The standard InChI is InChI=1S/C27H39N3O7S/c1-9-22(26(32)28-27(2,3)4)29(17-19-10-12-20(35-5)13-11-19)25(31)18-30(38(8,33)34)23-15-14-21(36-6)16-24(23)37-7/h10-16,22H,9,17-18H2,1-8H3,(H,28,32)/t22-/m1/s1. The van der Waals surface area contributed by atoms with Crippen LogP contribution in [0.3, 0.4) is 0 Å². The number of rotatable bonds is 12. The summed E-state index contributed by atoms with van der Waals surface area (Å²) in [5.41, 5.74) is 0.420. The lowest BCUT2D eigenvalue weighted by atomic mass is 10.1. The molecule has 0 bridgehead atoms. The fraction of sp³-hybridized carbons (Fsp3) is 0.481. The van der Waals surface area contributed by atoms with E-state index >= 15 is 0 Å². The van der Waals surface area contributed by atoms with E-state index in [-0.39, 0.29) is 23.9 Å². The minimum atomic E-state index is -3.91. The van der Waals surface area contributed by atoms with Crippen molar-refractivity contribution >= 4 is 27.5 Å². The van der Waals surface area contributed by atoms with E-state index in [0.29, 0.717) is 17.9 Å². The average molecular weight is 550 g/mol. The first-order valence-corrected chi connectivity index (χ1v) is 14.0. The number of carbonyl (C=O) groups excluding carboxylic acids is 2. The molecule has 0 spiro atoms. The molecule has 38 heavy (non-hydrogen) atoms. The van der Waals surface area contributed by atoms with Crippen LogP contribution in [0.15, 0.2) is 42.5 Å². The summed E-state index contributed by atoms with van der Waals surface area (Å²) in [7, 11) is 0.530. The molecular weight excluding hydrogens is 510 g/mol. The van der Waals surface area contributed by atoms with Gasteiger partial charge < -0.3 is 24.4 Å². The lowest BCUT2D eigenvalue weighted by Gasteiger charge is -2.34. The average Bonchev–Trinajstić information content (AvgIpc) is 2.85. The van der Waals surface area contributed by atoms with E-state index in [0.717, 1.165) is 16.1 Å². The number of sulfonamides is 1. The molecular formula is C27H39N3O7S. The van der Waals surface area contributed by atoms with Gasteiger partial charge in [0, 0.05) is 18.2 Å². The topological polar surface area (TPSA) is 114 Å². The summed E-state index contributed by atoms with van der Waals surface area (Å²) in [4.78, 5) is 28.5. The van der Waals surface area contributed by atoms with Gasteiger partial charge in [0.1, 0.15) is 29.8 Å². The first kappa shape index (κ1) is 30.8. The zero-order valence-electron chi connectivity index (χ0n) is 23.4. The Labute approximate surface area is 225 Å². The van der Waals surface area contributed by atoms with Crippen LogP contribution in [-0.4, -0.2) is 70.8 Å². The van der Waals surface area contributed by atoms with E-state index in [4.69, 9.17) is 14.2 Å². The van der Waals surface area contributed by atoms with Crippen molar-refractivity contribution in [1.29, 1.82) is 0 Å². The van der Waals surface area contributed by atoms with Crippen LogP contribution in [0, 0.1) is 0 Å². The van der Waals surface area contributed by atoms with E-state index in [1.54, 1.807) is 43.5 Å². The van der Waals surface area contributed by atoms with Crippen molar-refractivity contribution < 1.29 is 32.2 Å². The molecule has 0 aromatic heterocycles. The highest BCUT2D eigenvalue weighted by Crippen LogP contribution is 2.33. The first-order chi connectivity index (χ1) is 17.7. The molecule has 2 rings (SSSR count). The maximum Gasteiger partial charge on any atom is 0.244 e. The van der Waals surface area contributed by atoms with Gasteiger partial charge in [-0.1, -0.05) is 19.1 Å². The van der Waals surface area contributed by atoms with Gasteiger partial charge in [-0.15, -0.1) is 0 Å². The molecule has 0 heterocycles. The predicted octanol–water partition coefficient (Wildman–Crippen LogP) is 3.20. The minimum Gasteiger partial charge on any atom is -0.497 e. The molecule has 0 fully saturated rings. The molecule has 2 amide bonds. The number of hydrogen-bond acceptors (Lipinski definition) is 7. The Kier molecular flexibility index (Phi) is 10.4. The van der Waals surface area contributed by atoms with Gasteiger partial charge in [-0.25, -0.2) is 8.42 Å².